The van der Waals surface area contributed by atoms with Gasteiger partial charge in [-0.2, -0.15) is 0 Å². The van der Waals surface area contributed by atoms with Crippen molar-refractivity contribution < 1.29 is 22.3 Å². The van der Waals surface area contributed by atoms with E-state index < -0.39 is 36.1 Å². The SMILES string of the molecule is Cc1nc(N[C@H](C)c2cccc(C(F)F)c2F)c2cn(C3(CF)CC3)c(=O)c(N3CCO[C@H](C)C3)c2n1. The van der Waals surface area contributed by atoms with Crippen molar-refractivity contribution in [2.75, 3.05) is 36.6 Å². The smallest absolute Gasteiger partial charge is 0.276 e. The van der Waals surface area contributed by atoms with Gasteiger partial charge < -0.3 is 19.5 Å². The first-order valence-electron chi connectivity index (χ1n) is 12.3. The summed E-state index contributed by atoms with van der Waals surface area (Å²) in [6.45, 7) is 5.90. The highest BCUT2D eigenvalue weighted by molar-refractivity contribution is 5.97. The van der Waals surface area contributed by atoms with E-state index in [0.717, 1.165) is 6.07 Å². The number of aryl methyl sites for hydroxylation is 1. The quantitative estimate of drug-likeness (QED) is 0.442. The highest BCUT2D eigenvalue weighted by atomic mass is 19.3. The number of alkyl halides is 3. The Morgan fingerprint density at radius 3 is 2.62 bits per heavy atom. The minimum Gasteiger partial charge on any atom is -0.375 e. The molecule has 2 aliphatic rings. The zero-order valence-corrected chi connectivity index (χ0v) is 20.9. The van der Waals surface area contributed by atoms with E-state index >= 15 is 0 Å². The number of benzene rings is 1. The number of rotatable bonds is 7. The molecule has 3 heterocycles. The van der Waals surface area contributed by atoms with Gasteiger partial charge in [0.15, 0.2) is 0 Å². The number of anilines is 2. The molecule has 7 nitrogen and oxygen atoms in total. The lowest BCUT2D eigenvalue weighted by Crippen LogP contribution is -2.45. The standard InChI is InChI=1S/C26H29F4N5O2/c1-14-11-34(9-10-37-14)22-21-19(12-35(25(22)36)26(13-27)7-8-26)24(33-16(3)32-21)31-15(2)17-5-4-6-18(20(17)28)23(29)30/h4-6,12,14-15,23H,7-11,13H2,1-3H3,(H,31,32,33)/t14-,15-/m1/s1. The van der Waals surface area contributed by atoms with Gasteiger partial charge in [0.2, 0.25) is 0 Å². The molecule has 1 aliphatic carbocycles. The highest BCUT2D eigenvalue weighted by Crippen LogP contribution is 2.44. The largest absolute Gasteiger partial charge is 0.375 e. The molecule has 5 rings (SSSR count). The molecule has 1 saturated heterocycles. The van der Waals surface area contributed by atoms with Crippen LogP contribution in [0.1, 0.15) is 56.1 Å². The number of hydrogen-bond donors (Lipinski definition) is 1. The zero-order valence-electron chi connectivity index (χ0n) is 20.9. The number of ether oxygens (including phenoxy) is 1. The molecule has 2 aromatic heterocycles. The predicted octanol–water partition coefficient (Wildman–Crippen LogP) is 5.03. The number of halogens is 4. The molecule has 3 aromatic rings. The summed E-state index contributed by atoms with van der Waals surface area (Å²) in [7, 11) is 0. The van der Waals surface area contributed by atoms with Crippen molar-refractivity contribution >= 4 is 22.4 Å². The fraction of sp³-hybridized carbons (Fsp3) is 0.500. The van der Waals surface area contributed by atoms with Crippen LogP contribution in [0.5, 0.6) is 0 Å². The van der Waals surface area contributed by atoms with Crippen LogP contribution in [0.2, 0.25) is 0 Å². The molecular formula is C26H29F4N5O2. The van der Waals surface area contributed by atoms with Crippen LogP contribution < -0.4 is 15.8 Å². The summed E-state index contributed by atoms with van der Waals surface area (Å²) in [5, 5.41) is 3.60. The van der Waals surface area contributed by atoms with Crippen LogP contribution in [-0.2, 0) is 10.3 Å². The maximum absolute atomic E-state index is 14.9. The van der Waals surface area contributed by atoms with Crippen LogP contribution >= 0.6 is 0 Å². The predicted molar refractivity (Wildman–Crippen MR) is 133 cm³/mol. The van der Waals surface area contributed by atoms with Crippen LogP contribution in [0, 0.1) is 12.7 Å². The molecule has 1 aliphatic heterocycles. The average Bonchev–Trinajstić information content (AvgIpc) is 3.64. The second-order valence-corrected chi connectivity index (χ2v) is 9.94. The fourth-order valence-electron chi connectivity index (χ4n) is 4.99. The van der Waals surface area contributed by atoms with Gasteiger partial charge in [-0.05, 0) is 33.6 Å². The molecule has 1 N–H and O–H groups in total. The van der Waals surface area contributed by atoms with Crippen LogP contribution in [0.3, 0.4) is 0 Å². The molecule has 0 unspecified atom stereocenters. The van der Waals surface area contributed by atoms with Crippen molar-refractivity contribution in [3.8, 4) is 0 Å². The van der Waals surface area contributed by atoms with Gasteiger partial charge in [0.25, 0.3) is 12.0 Å². The summed E-state index contributed by atoms with van der Waals surface area (Å²) in [5.41, 5.74) is -1.12. The van der Waals surface area contributed by atoms with Crippen molar-refractivity contribution in [1.29, 1.82) is 0 Å². The Labute approximate surface area is 211 Å². The molecule has 0 amide bonds. The lowest BCUT2D eigenvalue weighted by Gasteiger charge is -2.33. The first-order valence-corrected chi connectivity index (χ1v) is 12.3. The van der Waals surface area contributed by atoms with Crippen molar-refractivity contribution in [1.82, 2.24) is 14.5 Å². The summed E-state index contributed by atoms with van der Waals surface area (Å²) in [5.74, 6) is -0.306. The lowest BCUT2D eigenvalue weighted by atomic mass is 10.0. The van der Waals surface area contributed by atoms with Crippen LogP contribution in [-0.4, -0.2) is 47.0 Å². The number of morpholine rings is 1. The normalized spacial score (nSPS) is 19.9. The molecule has 37 heavy (non-hydrogen) atoms. The Morgan fingerprint density at radius 1 is 1.24 bits per heavy atom. The molecule has 1 saturated carbocycles. The first kappa shape index (κ1) is 25.4. The molecule has 1 aromatic carbocycles. The van der Waals surface area contributed by atoms with E-state index in [2.05, 4.69) is 15.3 Å². The van der Waals surface area contributed by atoms with Crippen molar-refractivity contribution in [2.24, 2.45) is 0 Å². The van der Waals surface area contributed by atoms with Gasteiger partial charge in [0, 0.05) is 24.8 Å². The van der Waals surface area contributed by atoms with E-state index in [9.17, 15) is 22.4 Å². The zero-order chi connectivity index (χ0) is 26.5. The Bertz CT molecular complexity index is 1390. The van der Waals surface area contributed by atoms with Gasteiger partial charge in [-0.15, -0.1) is 0 Å². The summed E-state index contributed by atoms with van der Waals surface area (Å²) in [6.07, 6.45) is -0.425. The van der Waals surface area contributed by atoms with E-state index in [4.69, 9.17) is 4.74 Å². The molecule has 0 spiro atoms. The molecule has 0 radical (unpaired) electrons. The summed E-state index contributed by atoms with van der Waals surface area (Å²) < 4.78 is 62.7. The van der Waals surface area contributed by atoms with Crippen molar-refractivity contribution in [3.63, 3.8) is 0 Å². The molecule has 0 bridgehead atoms. The maximum atomic E-state index is 14.9. The topological polar surface area (TPSA) is 72.3 Å². The maximum Gasteiger partial charge on any atom is 0.276 e. The van der Waals surface area contributed by atoms with Crippen LogP contribution in [0.25, 0.3) is 10.9 Å². The Morgan fingerprint density at radius 2 is 1.97 bits per heavy atom. The van der Waals surface area contributed by atoms with Gasteiger partial charge >= 0.3 is 0 Å². The van der Waals surface area contributed by atoms with Gasteiger partial charge in [0.05, 0.1) is 35.2 Å². The second kappa shape index (κ2) is 9.59. The minimum atomic E-state index is -2.95. The minimum absolute atomic E-state index is 0.0557. The fourth-order valence-corrected chi connectivity index (χ4v) is 4.99. The summed E-state index contributed by atoms with van der Waals surface area (Å²) >= 11 is 0. The first-order chi connectivity index (χ1) is 17.6. The number of nitrogens with zero attached hydrogens (tertiary/aromatic N) is 4. The molecular weight excluding hydrogens is 490 g/mol. The second-order valence-electron chi connectivity index (χ2n) is 9.94. The van der Waals surface area contributed by atoms with Crippen molar-refractivity contribution in [2.45, 2.75) is 57.7 Å². The van der Waals surface area contributed by atoms with Gasteiger partial charge in [-0.1, -0.05) is 18.2 Å². The van der Waals surface area contributed by atoms with E-state index in [1.165, 1.54) is 16.7 Å². The van der Waals surface area contributed by atoms with Crippen LogP contribution in [0.15, 0.2) is 29.2 Å². The highest BCUT2D eigenvalue weighted by Gasteiger charge is 2.46. The average molecular weight is 520 g/mol. The number of aromatic nitrogens is 3. The monoisotopic (exact) mass is 519 g/mol. The Kier molecular flexibility index (Phi) is 6.59. The van der Waals surface area contributed by atoms with E-state index in [1.807, 2.05) is 11.8 Å². The van der Waals surface area contributed by atoms with E-state index in [-0.39, 0.29) is 17.2 Å². The van der Waals surface area contributed by atoms with E-state index in [0.29, 0.717) is 60.8 Å². The lowest BCUT2D eigenvalue weighted by molar-refractivity contribution is 0.0532. The summed E-state index contributed by atoms with van der Waals surface area (Å²) in [6, 6.07) is 3.14. The number of fused-ring (bicyclic) bond motifs is 1. The van der Waals surface area contributed by atoms with Crippen LogP contribution in [0.4, 0.5) is 29.1 Å². The van der Waals surface area contributed by atoms with Gasteiger partial charge in [-0.25, -0.2) is 27.5 Å². The Hall–Kier alpha value is -3.21. The third-order valence-corrected chi connectivity index (χ3v) is 7.22. The van der Waals surface area contributed by atoms with E-state index in [1.54, 1.807) is 20.0 Å². The third-order valence-electron chi connectivity index (χ3n) is 7.22. The van der Waals surface area contributed by atoms with Crippen molar-refractivity contribution in [3.05, 3.63) is 57.5 Å². The van der Waals surface area contributed by atoms with Gasteiger partial charge in [0.1, 0.15) is 35.3 Å². The summed E-state index contributed by atoms with van der Waals surface area (Å²) in [4.78, 5) is 24.8. The Balaban J connectivity index is 1.67. The van der Waals surface area contributed by atoms with Gasteiger partial charge in [-0.3, -0.25) is 4.79 Å². The third kappa shape index (κ3) is 4.54. The molecule has 11 heteroatoms. The number of hydrogen-bond acceptors (Lipinski definition) is 6. The number of nitrogens with one attached hydrogen (secondary N) is 1. The molecule has 2 fully saturated rings. The molecule has 2 atom stereocenters. The molecule has 198 valence electrons. The number of pyridine rings is 1.